The molecule has 11 heteroatoms. The van der Waals surface area contributed by atoms with Crippen LogP contribution < -0.4 is 5.73 Å². The van der Waals surface area contributed by atoms with Crippen molar-refractivity contribution in [3.05, 3.63) is 47.0 Å². The number of carboxylic acid groups (broad SMARTS) is 1. The number of anilines is 1. The molecule has 6 nitrogen and oxygen atoms in total. The van der Waals surface area contributed by atoms with Crippen LogP contribution in [-0.4, -0.2) is 43.4 Å². The standard InChI is InChI=1S/C20H20ClF3N2O4S/c21-17-9-14(25)8-16(20(22,23)24)18(17)13-3-5-15(6-4-13)31(29,30)11-12-2-1-7-26(10-12)19(27)28/h3-6,8-9,12H,1-2,7,10-11,25H2,(H,27,28). The second-order valence-electron chi connectivity index (χ2n) is 7.47. The van der Waals surface area contributed by atoms with Crippen molar-refractivity contribution in [1.29, 1.82) is 0 Å². The summed E-state index contributed by atoms with van der Waals surface area (Å²) in [7, 11) is -3.76. The van der Waals surface area contributed by atoms with Gasteiger partial charge in [0.05, 0.1) is 21.2 Å². The number of hydrogen-bond donors (Lipinski definition) is 2. The molecule has 0 aromatic heterocycles. The molecule has 3 rings (SSSR count). The van der Waals surface area contributed by atoms with Crippen LogP contribution in [0.2, 0.25) is 5.02 Å². The molecule has 1 saturated heterocycles. The van der Waals surface area contributed by atoms with E-state index in [9.17, 15) is 26.4 Å². The van der Waals surface area contributed by atoms with Crippen LogP contribution in [0.4, 0.5) is 23.7 Å². The first-order chi connectivity index (χ1) is 14.4. The predicted molar refractivity (Wildman–Crippen MR) is 111 cm³/mol. The van der Waals surface area contributed by atoms with Crippen molar-refractivity contribution in [2.75, 3.05) is 24.6 Å². The summed E-state index contributed by atoms with van der Waals surface area (Å²) in [5.74, 6) is -0.593. The normalized spacial score (nSPS) is 17.5. The van der Waals surface area contributed by atoms with Gasteiger partial charge in [0.1, 0.15) is 0 Å². The van der Waals surface area contributed by atoms with Gasteiger partial charge in [-0.15, -0.1) is 0 Å². The summed E-state index contributed by atoms with van der Waals surface area (Å²) >= 11 is 6.02. The first kappa shape index (κ1) is 23.2. The summed E-state index contributed by atoms with van der Waals surface area (Å²) < 4.78 is 65.9. The van der Waals surface area contributed by atoms with Crippen molar-refractivity contribution in [2.24, 2.45) is 5.92 Å². The smallest absolute Gasteiger partial charge is 0.417 e. The molecule has 168 valence electrons. The molecule has 0 aliphatic carbocycles. The second-order valence-corrected chi connectivity index (χ2v) is 9.91. The van der Waals surface area contributed by atoms with Gasteiger partial charge in [0, 0.05) is 24.3 Å². The Morgan fingerprint density at radius 3 is 2.45 bits per heavy atom. The molecule has 1 fully saturated rings. The molecule has 2 aromatic rings. The van der Waals surface area contributed by atoms with E-state index in [2.05, 4.69) is 0 Å². The summed E-state index contributed by atoms with van der Waals surface area (Å²) in [6, 6.07) is 6.98. The first-order valence-corrected chi connectivity index (χ1v) is 11.4. The molecule has 0 saturated carbocycles. The van der Waals surface area contributed by atoms with Crippen molar-refractivity contribution >= 4 is 33.2 Å². The van der Waals surface area contributed by atoms with Gasteiger partial charge in [-0.05, 0) is 48.6 Å². The SMILES string of the molecule is Nc1cc(Cl)c(-c2ccc(S(=O)(=O)CC3CCCN(C(=O)O)C3)cc2)c(C(F)(F)F)c1. The number of nitrogen functional groups attached to an aromatic ring is 1. The highest BCUT2D eigenvalue weighted by molar-refractivity contribution is 7.91. The first-order valence-electron chi connectivity index (χ1n) is 9.36. The van der Waals surface area contributed by atoms with Crippen LogP contribution in [0.15, 0.2) is 41.3 Å². The molecule has 1 aliphatic heterocycles. The van der Waals surface area contributed by atoms with Crippen LogP contribution in [-0.2, 0) is 16.0 Å². The van der Waals surface area contributed by atoms with Gasteiger partial charge in [-0.1, -0.05) is 23.7 Å². The minimum absolute atomic E-state index is 0.0520. The van der Waals surface area contributed by atoms with Gasteiger partial charge < -0.3 is 15.7 Å². The van der Waals surface area contributed by atoms with Crippen molar-refractivity contribution in [1.82, 2.24) is 4.90 Å². The van der Waals surface area contributed by atoms with E-state index >= 15 is 0 Å². The van der Waals surface area contributed by atoms with Crippen molar-refractivity contribution in [3.8, 4) is 11.1 Å². The number of hydrogen-bond acceptors (Lipinski definition) is 4. The highest BCUT2D eigenvalue weighted by Crippen LogP contribution is 2.42. The molecule has 1 unspecified atom stereocenters. The van der Waals surface area contributed by atoms with Crippen LogP contribution >= 0.6 is 11.6 Å². The van der Waals surface area contributed by atoms with E-state index in [0.29, 0.717) is 19.4 Å². The number of sulfone groups is 1. The summed E-state index contributed by atoms with van der Waals surface area (Å²) in [4.78, 5) is 12.3. The largest absolute Gasteiger partial charge is 0.465 e. The maximum atomic E-state index is 13.5. The van der Waals surface area contributed by atoms with E-state index in [0.717, 1.165) is 6.07 Å². The summed E-state index contributed by atoms with van der Waals surface area (Å²) in [5, 5.41) is 8.91. The maximum Gasteiger partial charge on any atom is 0.417 e. The van der Waals surface area contributed by atoms with Gasteiger partial charge in [0.25, 0.3) is 0 Å². The summed E-state index contributed by atoms with van der Waals surface area (Å²) in [6.45, 7) is 0.493. The summed E-state index contributed by atoms with van der Waals surface area (Å²) in [6.07, 6.45) is -4.64. The zero-order valence-corrected chi connectivity index (χ0v) is 17.8. The molecular formula is C20H20ClF3N2O4S. The predicted octanol–water partition coefficient (Wildman–Crippen LogP) is 4.77. The maximum absolute atomic E-state index is 13.5. The third-order valence-corrected chi connectivity index (χ3v) is 7.36. The molecule has 2 aromatic carbocycles. The lowest BCUT2D eigenvalue weighted by Gasteiger charge is -2.30. The fourth-order valence-corrected chi connectivity index (χ4v) is 5.73. The molecule has 0 bridgehead atoms. The number of nitrogens with two attached hydrogens (primary N) is 1. The van der Waals surface area contributed by atoms with Gasteiger partial charge in [-0.25, -0.2) is 13.2 Å². The van der Waals surface area contributed by atoms with Gasteiger partial charge in [-0.3, -0.25) is 0 Å². The van der Waals surface area contributed by atoms with E-state index < -0.39 is 27.7 Å². The van der Waals surface area contributed by atoms with Gasteiger partial charge in [0.2, 0.25) is 0 Å². The highest BCUT2D eigenvalue weighted by Gasteiger charge is 2.35. The average molecular weight is 477 g/mol. The average Bonchev–Trinajstić information content (AvgIpc) is 2.66. The van der Waals surface area contributed by atoms with E-state index in [1.165, 1.54) is 35.2 Å². The molecule has 0 radical (unpaired) electrons. The highest BCUT2D eigenvalue weighted by atomic mass is 35.5. The third kappa shape index (κ3) is 5.24. The Morgan fingerprint density at radius 2 is 1.87 bits per heavy atom. The van der Waals surface area contributed by atoms with E-state index in [1.807, 2.05) is 0 Å². The lowest BCUT2D eigenvalue weighted by atomic mass is 9.98. The Bertz CT molecular complexity index is 1090. The Kier molecular flexibility index (Phi) is 6.43. The minimum atomic E-state index is -4.70. The van der Waals surface area contributed by atoms with Crippen molar-refractivity contribution in [2.45, 2.75) is 23.9 Å². The molecule has 1 amide bonds. The number of nitrogens with zero attached hydrogens (tertiary/aromatic N) is 1. The molecule has 0 spiro atoms. The molecule has 3 N–H and O–H groups in total. The van der Waals surface area contributed by atoms with Gasteiger partial charge in [-0.2, -0.15) is 13.2 Å². The Morgan fingerprint density at radius 1 is 1.23 bits per heavy atom. The lowest BCUT2D eigenvalue weighted by molar-refractivity contribution is -0.137. The summed E-state index contributed by atoms with van der Waals surface area (Å²) in [5.41, 5.74) is 4.17. The van der Waals surface area contributed by atoms with Crippen LogP contribution in [0.3, 0.4) is 0 Å². The molecule has 31 heavy (non-hydrogen) atoms. The van der Waals surface area contributed by atoms with E-state index in [1.54, 1.807) is 0 Å². The fourth-order valence-electron chi connectivity index (χ4n) is 3.75. The fraction of sp³-hybridized carbons (Fsp3) is 0.350. The monoisotopic (exact) mass is 476 g/mol. The van der Waals surface area contributed by atoms with Gasteiger partial charge >= 0.3 is 12.3 Å². The number of likely N-dealkylation sites (tertiary alicyclic amines) is 1. The molecular weight excluding hydrogens is 457 g/mol. The molecule has 1 heterocycles. The van der Waals surface area contributed by atoms with E-state index in [-0.39, 0.29) is 44.9 Å². The second kappa shape index (κ2) is 8.58. The van der Waals surface area contributed by atoms with Crippen LogP contribution in [0.1, 0.15) is 18.4 Å². The Hall–Kier alpha value is -2.46. The van der Waals surface area contributed by atoms with Gasteiger partial charge in [0.15, 0.2) is 9.84 Å². The number of rotatable bonds is 4. The van der Waals surface area contributed by atoms with Crippen molar-refractivity contribution < 1.29 is 31.5 Å². The number of piperidine rings is 1. The number of benzene rings is 2. The molecule has 1 aliphatic rings. The van der Waals surface area contributed by atoms with Crippen LogP contribution in [0, 0.1) is 5.92 Å². The van der Waals surface area contributed by atoms with Crippen LogP contribution in [0.5, 0.6) is 0 Å². The minimum Gasteiger partial charge on any atom is -0.465 e. The number of carbonyl (C=O) groups is 1. The van der Waals surface area contributed by atoms with Crippen LogP contribution in [0.25, 0.3) is 11.1 Å². The zero-order valence-electron chi connectivity index (χ0n) is 16.2. The number of alkyl halides is 3. The third-order valence-electron chi connectivity index (χ3n) is 5.16. The lowest BCUT2D eigenvalue weighted by Crippen LogP contribution is -2.41. The quantitative estimate of drug-likeness (QED) is 0.619. The molecule has 1 atom stereocenters. The van der Waals surface area contributed by atoms with Crippen molar-refractivity contribution in [3.63, 3.8) is 0 Å². The topological polar surface area (TPSA) is 101 Å². The Balaban J connectivity index is 1.88. The number of halogens is 4. The van der Waals surface area contributed by atoms with E-state index in [4.69, 9.17) is 22.4 Å². The zero-order chi connectivity index (χ0) is 23.0. The number of amides is 1. The Labute approximate surface area is 182 Å².